The van der Waals surface area contributed by atoms with Crippen molar-refractivity contribution >= 4 is 33.4 Å². The third-order valence-electron chi connectivity index (χ3n) is 0.378. The summed E-state index contributed by atoms with van der Waals surface area (Å²) in [5.74, 6) is 0. The molecule has 0 aliphatic rings. The van der Waals surface area contributed by atoms with E-state index in [1.807, 2.05) is 6.92 Å². The second kappa shape index (κ2) is 2.67. The Morgan fingerprint density at radius 3 is 1.67 bits per heavy atom. The van der Waals surface area contributed by atoms with Gasteiger partial charge in [0.05, 0.1) is 0 Å². The van der Waals surface area contributed by atoms with Gasteiger partial charge in [0.15, 0.2) is 0 Å². The molecule has 36 valence electrons. The molecule has 0 radical (unpaired) electrons. The quantitative estimate of drug-likeness (QED) is 0.442. The lowest BCUT2D eigenvalue weighted by Crippen LogP contribution is -1.67. The molecule has 0 saturated heterocycles. The van der Waals surface area contributed by atoms with Crippen molar-refractivity contribution in [1.82, 2.24) is 0 Å². The fourth-order valence-corrected chi connectivity index (χ4v) is 0. The SMILES string of the molecule is CC([SiH3])=C(Cl)Cl. The van der Waals surface area contributed by atoms with Crippen LogP contribution in [0.3, 0.4) is 0 Å². The van der Waals surface area contributed by atoms with Gasteiger partial charge in [-0.3, -0.25) is 0 Å². The molecule has 0 N–H and O–H groups in total. The number of allylic oxidation sites excluding steroid dienone is 1. The number of hydrogen-bond acceptors (Lipinski definition) is 0. The molecule has 0 saturated carbocycles. The Bertz CT molecular complexity index is 58.9. The molecule has 0 fully saturated rings. The van der Waals surface area contributed by atoms with Gasteiger partial charge < -0.3 is 0 Å². The fourth-order valence-electron chi connectivity index (χ4n) is 0. The van der Waals surface area contributed by atoms with Crippen molar-refractivity contribution in [3.8, 4) is 0 Å². The van der Waals surface area contributed by atoms with Gasteiger partial charge in [-0.1, -0.05) is 28.4 Å². The fraction of sp³-hybridized carbons (Fsp3) is 0.333. The molecule has 0 aliphatic heterocycles. The minimum absolute atomic E-state index is 0.432. The minimum Gasteiger partial charge on any atom is -0.0714 e. The first-order valence-corrected chi connectivity index (χ1v) is 3.38. The first-order valence-electron chi connectivity index (χ1n) is 1.63. The zero-order chi connectivity index (χ0) is 5.15. The third-order valence-corrected chi connectivity index (χ3v) is 2.27. The molecule has 0 amide bonds. The molecule has 0 aromatic carbocycles. The Kier molecular flexibility index (Phi) is 2.91. The van der Waals surface area contributed by atoms with E-state index in [0.29, 0.717) is 4.49 Å². The topological polar surface area (TPSA) is 0 Å². The molecular formula is C3H6Cl2Si. The molecule has 0 aromatic heterocycles. The second-order valence-electron chi connectivity index (χ2n) is 1.26. The van der Waals surface area contributed by atoms with Crippen molar-refractivity contribution in [2.45, 2.75) is 6.92 Å². The monoisotopic (exact) mass is 140 g/mol. The lowest BCUT2D eigenvalue weighted by Gasteiger charge is -1.82. The van der Waals surface area contributed by atoms with E-state index >= 15 is 0 Å². The molecule has 0 atom stereocenters. The van der Waals surface area contributed by atoms with Crippen LogP contribution < -0.4 is 0 Å². The summed E-state index contributed by atoms with van der Waals surface area (Å²) in [5.41, 5.74) is 0. The standard InChI is InChI=1S/C3H6Cl2Si/c1-2(6)3(4)5/h1,6H3. The van der Waals surface area contributed by atoms with E-state index < -0.39 is 0 Å². The maximum Gasteiger partial charge on any atom is 0.100 e. The van der Waals surface area contributed by atoms with Crippen molar-refractivity contribution in [3.05, 3.63) is 9.69 Å². The van der Waals surface area contributed by atoms with Crippen LogP contribution in [0.15, 0.2) is 9.69 Å². The highest BCUT2D eigenvalue weighted by atomic mass is 35.5. The van der Waals surface area contributed by atoms with E-state index in [-0.39, 0.29) is 0 Å². The molecular weight excluding hydrogens is 135 g/mol. The van der Waals surface area contributed by atoms with Crippen molar-refractivity contribution in [1.29, 1.82) is 0 Å². The average Bonchev–Trinajstić information content (AvgIpc) is 1.36. The molecule has 0 bridgehead atoms. The predicted molar refractivity (Wildman–Crippen MR) is 34.3 cm³/mol. The molecule has 0 aliphatic carbocycles. The molecule has 0 rings (SSSR count). The van der Waals surface area contributed by atoms with Crippen LogP contribution in [0.5, 0.6) is 0 Å². The third kappa shape index (κ3) is 2.76. The van der Waals surface area contributed by atoms with E-state index in [0.717, 1.165) is 15.4 Å². The summed E-state index contributed by atoms with van der Waals surface area (Å²) in [5, 5.41) is 1.10. The van der Waals surface area contributed by atoms with E-state index in [1.54, 1.807) is 0 Å². The number of halogens is 2. The van der Waals surface area contributed by atoms with Crippen LogP contribution in [0.2, 0.25) is 0 Å². The molecule has 0 heterocycles. The van der Waals surface area contributed by atoms with Crippen molar-refractivity contribution < 1.29 is 0 Å². The van der Waals surface area contributed by atoms with Gasteiger partial charge in [0.25, 0.3) is 0 Å². The Morgan fingerprint density at radius 1 is 1.50 bits per heavy atom. The van der Waals surface area contributed by atoms with Gasteiger partial charge in [0.2, 0.25) is 0 Å². The van der Waals surface area contributed by atoms with E-state index in [2.05, 4.69) is 0 Å². The number of hydrogen-bond donors (Lipinski definition) is 0. The van der Waals surface area contributed by atoms with Crippen LogP contribution in [0, 0.1) is 0 Å². The summed E-state index contributed by atoms with van der Waals surface area (Å²) in [7, 11) is 0.969. The van der Waals surface area contributed by atoms with Gasteiger partial charge >= 0.3 is 0 Å². The van der Waals surface area contributed by atoms with Crippen LogP contribution in [0.1, 0.15) is 6.92 Å². The minimum atomic E-state index is 0.432. The van der Waals surface area contributed by atoms with Crippen LogP contribution >= 0.6 is 23.2 Å². The molecule has 0 spiro atoms. The first-order chi connectivity index (χ1) is 2.64. The van der Waals surface area contributed by atoms with Gasteiger partial charge in [-0.25, -0.2) is 0 Å². The summed E-state index contributed by atoms with van der Waals surface area (Å²) in [4.78, 5) is 0. The van der Waals surface area contributed by atoms with Gasteiger partial charge in [0, 0.05) is 10.2 Å². The van der Waals surface area contributed by atoms with Crippen LogP contribution in [-0.2, 0) is 0 Å². The average molecular weight is 141 g/mol. The smallest absolute Gasteiger partial charge is 0.0714 e. The molecule has 0 aromatic rings. The Balaban J connectivity index is 3.68. The van der Waals surface area contributed by atoms with Crippen molar-refractivity contribution in [3.63, 3.8) is 0 Å². The van der Waals surface area contributed by atoms with Gasteiger partial charge in [-0.05, 0) is 6.92 Å². The Morgan fingerprint density at radius 2 is 1.67 bits per heavy atom. The van der Waals surface area contributed by atoms with Gasteiger partial charge in [-0.15, -0.1) is 0 Å². The predicted octanol–water partition coefficient (Wildman–Crippen LogP) is 1.02. The summed E-state index contributed by atoms with van der Waals surface area (Å²) in [6, 6.07) is 0. The van der Waals surface area contributed by atoms with Gasteiger partial charge in [0.1, 0.15) is 4.49 Å². The number of rotatable bonds is 0. The highest BCUT2D eigenvalue weighted by Crippen LogP contribution is 2.09. The van der Waals surface area contributed by atoms with E-state index in [1.165, 1.54) is 0 Å². The molecule has 6 heavy (non-hydrogen) atoms. The van der Waals surface area contributed by atoms with Gasteiger partial charge in [-0.2, -0.15) is 0 Å². The van der Waals surface area contributed by atoms with Crippen molar-refractivity contribution in [2.75, 3.05) is 0 Å². The van der Waals surface area contributed by atoms with Crippen LogP contribution in [0.25, 0.3) is 0 Å². The molecule has 0 nitrogen and oxygen atoms in total. The van der Waals surface area contributed by atoms with Crippen LogP contribution in [-0.4, -0.2) is 10.2 Å². The maximum atomic E-state index is 5.29. The van der Waals surface area contributed by atoms with E-state index in [4.69, 9.17) is 23.2 Å². The molecule has 3 heteroatoms. The van der Waals surface area contributed by atoms with Crippen LogP contribution in [0.4, 0.5) is 0 Å². The molecule has 0 unspecified atom stereocenters. The zero-order valence-corrected chi connectivity index (χ0v) is 7.27. The highest BCUT2D eigenvalue weighted by molar-refractivity contribution is 6.58. The highest BCUT2D eigenvalue weighted by Gasteiger charge is 1.81. The van der Waals surface area contributed by atoms with Crippen molar-refractivity contribution in [2.24, 2.45) is 0 Å². The summed E-state index contributed by atoms with van der Waals surface area (Å²) in [6.45, 7) is 1.92. The summed E-state index contributed by atoms with van der Waals surface area (Å²) < 4.78 is 0.432. The maximum absolute atomic E-state index is 5.29. The summed E-state index contributed by atoms with van der Waals surface area (Å²) in [6.07, 6.45) is 0. The first kappa shape index (κ1) is 6.54. The second-order valence-corrected chi connectivity index (χ2v) is 3.71. The normalized spacial score (nSPS) is 8.50. The zero-order valence-electron chi connectivity index (χ0n) is 3.76. The Labute approximate surface area is 50.6 Å². The lowest BCUT2D eigenvalue weighted by atomic mass is 10.7. The Hall–Kier alpha value is 0.537. The lowest BCUT2D eigenvalue weighted by molar-refractivity contribution is 1.68. The van der Waals surface area contributed by atoms with E-state index in [9.17, 15) is 0 Å². The summed E-state index contributed by atoms with van der Waals surface area (Å²) >= 11 is 10.6. The largest absolute Gasteiger partial charge is 0.100 e.